The first-order valence-electron chi connectivity index (χ1n) is 6.53. The molecule has 0 radical (unpaired) electrons. The van der Waals surface area contributed by atoms with Crippen molar-refractivity contribution in [3.63, 3.8) is 0 Å². The summed E-state index contributed by atoms with van der Waals surface area (Å²) in [5.41, 5.74) is 4.16. The van der Waals surface area contributed by atoms with Crippen LogP contribution in [0.5, 0.6) is 0 Å². The van der Waals surface area contributed by atoms with Crippen molar-refractivity contribution in [2.45, 2.75) is 32.1 Å². The SMILES string of the molecule is O=C(N/N=C\C1=C(Cl)CCCCC1)c1ccccc1. The third-order valence-electron chi connectivity index (χ3n) is 3.11. The number of carbonyl (C=O) groups is 1. The van der Waals surface area contributed by atoms with Crippen molar-refractivity contribution in [2.24, 2.45) is 5.10 Å². The van der Waals surface area contributed by atoms with Gasteiger partial charge in [-0.3, -0.25) is 4.79 Å². The van der Waals surface area contributed by atoms with E-state index < -0.39 is 0 Å². The van der Waals surface area contributed by atoms with Crippen molar-refractivity contribution in [2.75, 3.05) is 0 Å². The number of amides is 1. The van der Waals surface area contributed by atoms with Gasteiger partial charge in [-0.25, -0.2) is 5.43 Å². The van der Waals surface area contributed by atoms with Crippen LogP contribution in [0, 0.1) is 0 Å². The van der Waals surface area contributed by atoms with Crippen LogP contribution in [0.3, 0.4) is 0 Å². The summed E-state index contributed by atoms with van der Waals surface area (Å²) >= 11 is 6.20. The van der Waals surface area contributed by atoms with E-state index in [4.69, 9.17) is 11.6 Å². The maximum atomic E-state index is 11.8. The van der Waals surface area contributed by atoms with Gasteiger partial charge in [-0.05, 0) is 43.4 Å². The summed E-state index contributed by atoms with van der Waals surface area (Å²) in [6.07, 6.45) is 6.98. The Kier molecular flexibility index (Phi) is 5.16. The topological polar surface area (TPSA) is 41.5 Å². The van der Waals surface area contributed by atoms with E-state index in [1.165, 1.54) is 6.42 Å². The van der Waals surface area contributed by atoms with E-state index >= 15 is 0 Å². The third-order valence-corrected chi connectivity index (χ3v) is 3.54. The smallest absolute Gasteiger partial charge is 0.267 e. The lowest BCUT2D eigenvalue weighted by molar-refractivity contribution is 0.0955. The average molecular weight is 277 g/mol. The number of carbonyl (C=O) groups excluding carboxylic acids is 1. The second kappa shape index (κ2) is 7.10. The molecule has 1 aliphatic rings. The molecule has 0 aliphatic heterocycles. The summed E-state index contributed by atoms with van der Waals surface area (Å²) in [6, 6.07) is 9.02. The first kappa shape index (κ1) is 13.8. The Balaban J connectivity index is 1.94. The number of nitrogens with zero attached hydrogens (tertiary/aromatic N) is 1. The summed E-state index contributed by atoms with van der Waals surface area (Å²) in [7, 11) is 0. The van der Waals surface area contributed by atoms with Crippen LogP contribution in [0.1, 0.15) is 42.5 Å². The summed E-state index contributed by atoms with van der Waals surface area (Å²) in [4.78, 5) is 11.8. The standard InChI is InChI=1S/C15H17ClN2O/c16-14-10-6-2-5-9-13(14)11-17-18-15(19)12-7-3-1-4-8-12/h1,3-4,7-8,11H,2,5-6,9-10H2,(H,18,19)/b17-11-. The molecule has 1 aromatic carbocycles. The minimum Gasteiger partial charge on any atom is -0.267 e. The minimum atomic E-state index is -0.206. The quantitative estimate of drug-likeness (QED) is 0.661. The largest absolute Gasteiger partial charge is 0.271 e. The number of halogens is 1. The molecule has 0 saturated heterocycles. The summed E-state index contributed by atoms with van der Waals surface area (Å²) < 4.78 is 0. The first-order valence-corrected chi connectivity index (χ1v) is 6.91. The Labute approximate surface area is 118 Å². The predicted molar refractivity (Wildman–Crippen MR) is 78.4 cm³/mol. The summed E-state index contributed by atoms with van der Waals surface area (Å²) in [6.45, 7) is 0. The molecule has 2 rings (SSSR count). The zero-order valence-corrected chi connectivity index (χ0v) is 11.5. The number of hydrazone groups is 1. The zero-order chi connectivity index (χ0) is 13.5. The van der Waals surface area contributed by atoms with E-state index in [0.29, 0.717) is 5.56 Å². The van der Waals surface area contributed by atoms with E-state index in [-0.39, 0.29) is 5.91 Å². The van der Waals surface area contributed by atoms with Crippen LogP contribution in [0.25, 0.3) is 0 Å². The average Bonchev–Trinajstić information content (AvgIpc) is 2.65. The van der Waals surface area contributed by atoms with E-state index in [9.17, 15) is 4.79 Å². The van der Waals surface area contributed by atoms with Gasteiger partial charge < -0.3 is 0 Å². The Hall–Kier alpha value is -1.61. The van der Waals surface area contributed by atoms with E-state index in [1.54, 1.807) is 18.3 Å². The van der Waals surface area contributed by atoms with Crippen molar-refractivity contribution >= 4 is 23.7 Å². The Bertz CT molecular complexity index is 494. The molecular formula is C15H17ClN2O. The van der Waals surface area contributed by atoms with Crippen LogP contribution >= 0.6 is 11.6 Å². The maximum absolute atomic E-state index is 11.8. The van der Waals surface area contributed by atoms with Gasteiger partial charge in [0.15, 0.2) is 0 Å². The van der Waals surface area contributed by atoms with Crippen LogP contribution < -0.4 is 5.43 Å². The van der Waals surface area contributed by atoms with Crippen LogP contribution in [0.2, 0.25) is 0 Å². The molecule has 0 atom stereocenters. The number of hydrogen-bond donors (Lipinski definition) is 1. The molecule has 0 unspecified atom stereocenters. The molecule has 1 aliphatic carbocycles. The molecule has 0 bridgehead atoms. The highest BCUT2D eigenvalue weighted by molar-refractivity contribution is 6.31. The molecular weight excluding hydrogens is 260 g/mol. The summed E-state index contributed by atoms with van der Waals surface area (Å²) in [5.74, 6) is -0.206. The molecule has 4 heteroatoms. The van der Waals surface area contributed by atoms with Crippen molar-refractivity contribution in [3.05, 3.63) is 46.5 Å². The first-order chi connectivity index (χ1) is 9.27. The number of benzene rings is 1. The molecule has 1 aromatic rings. The van der Waals surface area contributed by atoms with Crippen LogP contribution in [-0.2, 0) is 0 Å². The number of nitrogens with one attached hydrogen (secondary N) is 1. The number of hydrogen-bond acceptors (Lipinski definition) is 2. The Morgan fingerprint density at radius 3 is 2.68 bits per heavy atom. The van der Waals surface area contributed by atoms with Crippen LogP contribution in [-0.4, -0.2) is 12.1 Å². The third kappa shape index (κ3) is 4.21. The molecule has 1 amide bonds. The lowest BCUT2D eigenvalue weighted by Crippen LogP contribution is -2.17. The fourth-order valence-corrected chi connectivity index (χ4v) is 2.30. The van der Waals surface area contributed by atoms with E-state index in [1.807, 2.05) is 18.2 Å². The van der Waals surface area contributed by atoms with Crippen LogP contribution in [0.15, 0.2) is 46.0 Å². The van der Waals surface area contributed by atoms with Gasteiger partial charge >= 0.3 is 0 Å². The van der Waals surface area contributed by atoms with Crippen molar-refractivity contribution in [3.8, 4) is 0 Å². The van der Waals surface area contributed by atoms with Gasteiger partial charge in [0.1, 0.15) is 0 Å². The zero-order valence-electron chi connectivity index (χ0n) is 10.7. The highest BCUT2D eigenvalue weighted by Crippen LogP contribution is 2.25. The molecule has 0 heterocycles. The predicted octanol–water partition coefficient (Wildman–Crippen LogP) is 3.86. The molecule has 0 aromatic heterocycles. The minimum absolute atomic E-state index is 0.206. The highest BCUT2D eigenvalue weighted by atomic mass is 35.5. The van der Waals surface area contributed by atoms with Gasteiger partial charge in [-0.15, -0.1) is 0 Å². The fourth-order valence-electron chi connectivity index (χ4n) is 2.03. The highest BCUT2D eigenvalue weighted by Gasteiger charge is 2.08. The lowest BCUT2D eigenvalue weighted by Gasteiger charge is -2.02. The fraction of sp³-hybridized carbons (Fsp3) is 0.333. The Morgan fingerprint density at radius 2 is 1.89 bits per heavy atom. The maximum Gasteiger partial charge on any atom is 0.271 e. The molecule has 3 nitrogen and oxygen atoms in total. The van der Waals surface area contributed by atoms with Crippen molar-refractivity contribution < 1.29 is 4.79 Å². The molecule has 19 heavy (non-hydrogen) atoms. The van der Waals surface area contributed by atoms with Crippen molar-refractivity contribution in [1.82, 2.24) is 5.43 Å². The van der Waals surface area contributed by atoms with Crippen molar-refractivity contribution in [1.29, 1.82) is 0 Å². The second-order valence-electron chi connectivity index (χ2n) is 4.56. The van der Waals surface area contributed by atoms with E-state index in [0.717, 1.165) is 36.3 Å². The van der Waals surface area contributed by atoms with Gasteiger partial charge in [-0.2, -0.15) is 5.10 Å². The molecule has 0 spiro atoms. The van der Waals surface area contributed by atoms with Gasteiger partial charge in [-0.1, -0.05) is 36.2 Å². The van der Waals surface area contributed by atoms with Gasteiger partial charge in [0, 0.05) is 10.6 Å². The monoisotopic (exact) mass is 276 g/mol. The van der Waals surface area contributed by atoms with Crippen LogP contribution in [0.4, 0.5) is 0 Å². The number of rotatable bonds is 3. The van der Waals surface area contributed by atoms with E-state index in [2.05, 4.69) is 10.5 Å². The van der Waals surface area contributed by atoms with Gasteiger partial charge in [0.05, 0.1) is 6.21 Å². The Morgan fingerprint density at radius 1 is 1.16 bits per heavy atom. The number of allylic oxidation sites excluding steroid dienone is 2. The second-order valence-corrected chi connectivity index (χ2v) is 5.01. The molecule has 1 N–H and O–H groups in total. The molecule has 0 fully saturated rings. The summed E-state index contributed by atoms with van der Waals surface area (Å²) in [5, 5.41) is 4.87. The molecule has 100 valence electrons. The molecule has 0 saturated carbocycles. The lowest BCUT2D eigenvalue weighted by atomic mass is 10.1. The van der Waals surface area contributed by atoms with Gasteiger partial charge in [0.2, 0.25) is 0 Å². The van der Waals surface area contributed by atoms with Gasteiger partial charge in [0.25, 0.3) is 5.91 Å². The normalized spacial score (nSPS) is 16.5.